The lowest BCUT2D eigenvalue weighted by atomic mass is 9.91. The number of rotatable bonds is 8. The smallest absolute Gasteiger partial charge is 0.326 e. The highest BCUT2D eigenvalue weighted by Crippen LogP contribution is 2.26. The number of nitrogens with one attached hydrogen (secondary N) is 3. The summed E-state index contributed by atoms with van der Waals surface area (Å²) in [5.41, 5.74) is 5.80. The molecule has 0 radical (unpaired) electrons. The summed E-state index contributed by atoms with van der Waals surface area (Å²) in [7, 11) is 0. The molecule has 1 aliphatic rings. The largest absolute Gasteiger partial charge is 0.330 e. The van der Waals surface area contributed by atoms with Gasteiger partial charge in [-0.1, -0.05) is 24.1 Å². The van der Waals surface area contributed by atoms with E-state index in [4.69, 9.17) is 17.3 Å². The number of carbonyl (C=O) groups excluding carboxylic acids is 1. The Morgan fingerprint density at radius 1 is 1.26 bits per heavy atom. The first-order chi connectivity index (χ1) is 15.0. The Morgan fingerprint density at radius 2 is 2.03 bits per heavy atom. The summed E-state index contributed by atoms with van der Waals surface area (Å²) < 4.78 is 13.9. The van der Waals surface area contributed by atoms with E-state index in [9.17, 15) is 14.0 Å². The van der Waals surface area contributed by atoms with E-state index >= 15 is 0 Å². The first-order valence-electron chi connectivity index (χ1n) is 10.5. The molecule has 0 bridgehead atoms. The lowest BCUT2D eigenvalue weighted by Gasteiger charge is -2.31. The predicted molar refractivity (Wildman–Crippen MR) is 120 cm³/mol. The highest BCUT2D eigenvalue weighted by molar-refractivity contribution is 6.31. The minimum Gasteiger partial charge on any atom is -0.330 e. The van der Waals surface area contributed by atoms with Crippen molar-refractivity contribution in [3.63, 3.8) is 0 Å². The second kappa shape index (κ2) is 11.2. The summed E-state index contributed by atoms with van der Waals surface area (Å²) >= 11 is 5.70. The molecule has 10 heteroatoms. The monoisotopic (exact) mass is 450 g/mol. The molecule has 8 nitrogen and oxygen atoms in total. The fourth-order valence-electron chi connectivity index (χ4n) is 3.74. The molecule has 1 aliphatic heterocycles. The van der Waals surface area contributed by atoms with Gasteiger partial charge in [-0.15, -0.1) is 0 Å². The summed E-state index contributed by atoms with van der Waals surface area (Å²) in [6, 6.07) is 3.54. The molecule has 0 spiro atoms. The third-order valence-corrected chi connectivity index (χ3v) is 5.76. The van der Waals surface area contributed by atoms with Crippen LogP contribution in [0.25, 0.3) is 0 Å². The van der Waals surface area contributed by atoms with E-state index in [1.54, 1.807) is 0 Å². The van der Waals surface area contributed by atoms with Gasteiger partial charge < -0.3 is 16.0 Å². The Balaban J connectivity index is 1.53. The fraction of sp³-hybridized carbons (Fsp3) is 0.476. The molecule has 3 rings (SSSR count). The van der Waals surface area contributed by atoms with E-state index in [1.165, 1.54) is 24.4 Å². The van der Waals surface area contributed by atoms with Gasteiger partial charge in [0.15, 0.2) is 5.82 Å². The van der Waals surface area contributed by atoms with Crippen LogP contribution in [-0.4, -0.2) is 47.1 Å². The number of halogens is 2. The minimum atomic E-state index is -0.736. The lowest BCUT2D eigenvalue weighted by Crippen LogP contribution is -2.35. The third-order valence-electron chi connectivity index (χ3n) is 5.46. The number of anilines is 2. The molecule has 0 atom stereocenters. The normalized spacial score (nSPS) is 15.1. The van der Waals surface area contributed by atoms with Crippen molar-refractivity contribution in [3.05, 3.63) is 51.2 Å². The predicted octanol–water partition coefficient (Wildman–Crippen LogP) is 3.51. The molecule has 0 aliphatic carbocycles. The maximum Gasteiger partial charge on any atom is 0.326 e. The molecule has 2 heterocycles. The number of hydrogen-bond acceptors (Lipinski definition) is 5. The van der Waals surface area contributed by atoms with Crippen molar-refractivity contribution in [3.8, 4) is 0 Å². The average Bonchev–Trinajstić information content (AvgIpc) is 2.75. The molecule has 1 aromatic carbocycles. The first kappa shape index (κ1) is 23.2. The molecule has 0 unspecified atom stereocenters. The quantitative estimate of drug-likeness (QED) is 0.459. The van der Waals surface area contributed by atoms with E-state index < -0.39 is 11.8 Å². The zero-order valence-corrected chi connectivity index (χ0v) is 18.1. The van der Waals surface area contributed by atoms with Crippen LogP contribution >= 0.6 is 11.6 Å². The average molecular weight is 451 g/mol. The number of piperidine rings is 1. The summed E-state index contributed by atoms with van der Waals surface area (Å²) in [6.45, 7) is 3.69. The number of nitrogens with zero attached hydrogens (tertiary/aromatic N) is 2. The maximum absolute atomic E-state index is 13.9. The van der Waals surface area contributed by atoms with Crippen LogP contribution < -0.4 is 21.9 Å². The van der Waals surface area contributed by atoms with Crippen LogP contribution in [0.1, 0.15) is 43.6 Å². The van der Waals surface area contributed by atoms with Crippen LogP contribution in [0.3, 0.4) is 0 Å². The molecule has 1 aromatic heterocycles. The maximum atomic E-state index is 13.9. The number of H-pyrrole nitrogens is 1. The van der Waals surface area contributed by atoms with Crippen molar-refractivity contribution < 1.29 is 9.18 Å². The van der Waals surface area contributed by atoms with Crippen molar-refractivity contribution in [2.24, 2.45) is 5.73 Å². The standard InChI is InChI=1S/C21H28ClFN6O2/c22-16-5-4-6-17(18(16)23)26-21(31)28-20-25-13-15(19(30)27-20)14-7-11-29(12-8-14)10-3-1-2-9-24/h4-6,13-14H,1-3,7-12,24H2,(H3,25,26,27,28,30,31). The van der Waals surface area contributed by atoms with Crippen LogP contribution in [0.2, 0.25) is 5.02 Å². The van der Waals surface area contributed by atoms with Crippen LogP contribution in [0.5, 0.6) is 0 Å². The number of hydrogen-bond donors (Lipinski definition) is 4. The molecule has 5 N–H and O–H groups in total. The van der Waals surface area contributed by atoms with Gasteiger partial charge in [0.05, 0.1) is 10.7 Å². The topological polar surface area (TPSA) is 116 Å². The molecule has 0 saturated carbocycles. The van der Waals surface area contributed by atoms with Crippen LogP contribution in [-0.2, 0) is 0 Å². The van der Waals surface area contributed by atoms with E-state index in [0.717, 1.165) is 58.3 Å². The number of urea groups is 1. The number of aromatic amines is 1. The zero-order valence-electron chi connectivity index (χ0n) is 17.3. The molecule has 1 saturated heterocycles. The lowest BCUT2D eigenvalue weighted by molar-refractivity contribution is 0.208. The third kappa shape index (κ3) is 6.49. The SMILES string of the molecule is NCCCCCN1CCC(c2cnc(NC(=O)Nc3cccc(Cl)c3F)[nH]c2=O)CC1. The highest BCUT2D eigenvalue weighted by Gasteiger charge is 2.23. The molecule has 2 amide bonds. The molecular formula is C21H28ClFN6O2. The van der Waals surface area contributed by atoms with E-state index in [-0.39, 0.29) is 28.1 Å². The molecule has 31 heavy (non-hydrogen) atoms. The van der Waals surface area contributed by atoms with Crippen LogP contribution in [0.15, 0.2) is 29.2 Å². The van der Waals surface area contributed by atoms with Gasteiger partial charge >= 0.3 is 6.03 Å². The number of carbonyl (C=O) groups is 1. The fourth-order valence-corrected chi connectivity index (χ4v) is 3.92. The summed E-state index contributed by atoms with van der Waals surface area (Å²) in [6.07, 6.45) is 6.64. The van der Waals surface area contributed by atoms with E-state index in [0.29, 0.717) is 5.56 Å². The van der Waals surface area contributed by atoms with Crippen molar-refractivity contribution in [1.82, 2.24) is 14.9 Å². The Morgan fingerprint density at radius 3 is 2.74 bits per heavy atom. The summed E-state index contributed by atoms with van der Waals surface area (Å²) in [5, 5.41) is 4.65. The first-order valence-corrected chi connectivity index (χ1v) is 10.9. The highest BCUT2D eigenvalue weighted by atomic mass is 35.5. The van der Waals surface area contributed by atoms with Gasteiger partial charge in [-0.25, -0.2) is 14.2 Å². The van der Waals surface area contributed by atoms with Gasteiger partial charge in [-0.05, 0) is 69.9 Å². The van der Waals surface area contributed by atoms with Gasteiger partial charge in [0.1, 0.15) is 0 Å². The second-order valence-corrected chi connectivity index (χ2v) is 8.07. The van der Waals surface area contributed by atoms with Gasteiger partial charge in [-0.2, -0.15) is 0 Å². The van der Waals surface area contributed by atoms with Gasteiger partial charge in [0.2, 0.25) is 5.95 Å². The van der Waals surface area contributed by atoms with E-state index in [2.05, 4.69) is 25.5 Å². The molecular weight excluding hydrogens is 423 g/mol. The molecule has 168 valence electrons. The number of aromatic nitrogens is 2. The Bertz CT molecular complexity index is 946. The number of amides is 2. The second-order valence-electron chi connectivity index (χ2n) is 7.66. The Labute approximate surface area is 185 Å². The van der Waals surface area contributed by atoms with E-state index in [1.807, 2.05) is 0 Å². The van der Waals surface area contributed by atoms with Crippen molar-refractivity contribution in [2.75, 3.05) is 36.8 Å². The van der Waals surface area contributed by atoms with Crippen LogP contribution in [0, 0.1) is 5.82 Å². The molecule has 2 aromatic rings. The van der Waals surface area contributed by atoms with Gasteiger partial charge in [0, 0.05) is 11.8 Å². The van der Waals surface area contributed by atoms with Crippen LogP contribution in [0.4, 0.5) is 20.8 Å². The van der Waals surface area contributed by atoms with Crippen molar-refractivity contribution in [1.29, 1.82) is 0 Å². The Hall–Kier alpha value is -2.49. The number of benzene rings is 1. The minimum absolute atomic E-state index is 0.00831. The Kier molecular flexibility index (Phi) is 8.39. The van der Waals surface area contributed by atoms with Gasteiger partial charge in [-0.3, -0.25) is 15.1 Å². The van der Waals surface area contributed by atoms with Gasteiger partial charge in [0.25, 0.3) is 5.56 Å². The van der Waals surface area contributed by atoms with Crippen molar-refractivity contribution >= 4 is 29.3 Å². The number of likely N-dealkylation sites (tertiary alicyclic amines) is 1. The summed E-state index contributed by atoms with van der Waals surface area (Å²) in [5.74, 6) is -0.604. The summed E-state index contributed by atoms with van der Waals surface area (Å²) in [4.78, 5) is 33.8. The van der Waals surface area contributed by atoms with Crippen molar-refractivity contribution in [2.45, 2.75) is 38.0 Å². The number of unbranched alkanes of at least 4 members (excludes halogenated alkanes) is 2. The number of nitrogens with two attached hydrogens (primary N) is 1. The molecule has 1 fully saturated rings. The zero-order chi connectivity index (χ0) is 22.2.